The Hall–Kier alpha value is -2.57. The van der Waals surface area contributed by atoms with Crippen molar-refractivity contribution in [2.75, 3.05) is 0 Å². The first kappa shape index (κ1) is 14.8. The van der Waals surface area contributed by atoms with E-state index in [0.29, 0.717) is 0 Å². The van der Waals surface area contributed by atoms with E-state index < -0.39 is 39.9 Å². The van der Waals surface area contributed by atoms with E-state index in [0.717, 1.165) is 12.1 Å². The highest BCUT2D eigenvalue weighted by atomic mass is 19.1. The standard InChI is InChI=1S/C14H10F2O5/c1-6(17)2-3-10(18)8-4-7-5-9(15)12(19)11(16)13(7)21-14(8)20/h4-5,19H,2-3H2,1H3. The maximum Gasteiger partial charge on any atom is 0.347 e. The Morgan fingerprint density at radius 3 is 2.52 bits per heavy atom. The summed E-state index contributed by atoms with van der Waals surface area (Å²) in [6, 6.07) is 1.73. The highest BCUT2D eigenvalue weighted by Gasteiger charge is 2.19. The molecule has 0 amide bonds. The zero-order valence-corrected chi connectivity index (χ0v) is 10.9. The molecule has 0 aliphatic heterocycles. The van der Waals surface area contributed by atoms with Crippen molar-refractivity contribution >= 4 is 22.5 Å². The summed E-state index contributed by atoms with van der Waals surface area (Å²) in [5.74, 6) is -4.80. The molecule has 1 heterocycles. The molecular formula is C14H10F2O5. The molecular weight excluding hydrogens is 286 g/mol. The predicted molar refractivity (Wildman–Crippen MR) is 68.3 cm³/mol. The summed E-state index contributed by atoms with van der Waals surface area (Å²) in [5.41, 5.74) is -2.14. The van der Waals surface area contributed by atoms with Crippen LogP contribution in [0.3, 0.4) is 0 Å². The first-order valence-corrected chi connectivity index (χ1v) is 5.98. The van der Waals surface area contributed by atoms with Gasteiger partial charge in [-0.15, -0.1) is 0 Å². The van der Waals surface area contributed by atoms with Crippen molar-refractivity contribution in [3.05, 3.63) is 39.8 Å². The summed E-state index contributed by atoms with van der Waals surface area (Å²) in [6.45, 7) is 1.30. The number of carbonyl (C=O) groups is 2. The lowest BCUT2D eigenvalue weighted by molar-refractivity contribution is -0.116. The first-order valence-electron chi connectivity index (χ1n) is 5.98. The van der Waals surface area contributed by atoms with E-state index in [4.69, 9.17) is 5.11 Å². The van der Waals surface area contributed by atoms with Crippen LogP contribution in [0, 0.1) is 11.6 Å². The molecule has 0 fully saturated rings. The molecule has 21 heavy (non-hydrogen) atoms. The highest BCUT2D eigenvalue weighted by molar-refractivity contribution is 5.99. The lowest BCUT2D eigenvalue weighted by atomic mass is 10.1. The van der Waals surface area contributed by atoms with E-state index in [1.165, 1.54) is 6.92 Å². The zero-order chi connectivity index (χ0) is 15.7. The number of Topliss-reactive ketones (excluding diaryl/α,β-unsaturated/α-hetero) is 2. The van der Waals surface area contributed by atoms with Gasteiger partial charge in [0, 0.05) is 18.2 Å². The largest absolute Gasteiger partial charge is 0.503 e. The number of hydrogen-bond donors (Lipinski definition) is 1. The highest BCUT2D eigenvalue weighted by Crippen LogP contribution is 2.28. The summed E-state index contributed by atoms with van der Waals surface area (Å²) in [5, 5.41) is 8.93. The fourth-order valence-electron chi connectivity index (χ4n) is 1.80. The summed E-state index contributed by atoms with van der Waals surface area (Å²) in [7, 11) is 0. The summed E-state index contributed by atoms with van der Waals surface area (Å²) in [4.78, 5) is 34.3. The van der Waals surface area contributed by atoms with Crippen LogP contribution in [0.1, 0.15) is 30.1 Å². The van der Waals surface area contributed by atoms with Crippen LogP contribution in [0.4, 0.5) is 8.78 Å². The molecule has 0 radical (unpaired) electrons. The van der Waals surface area contributed by atoms with Crippen molar-refractivity contribution in [3.63, 3.8) is 0 Å². The fraction of sp³-hybridized carbons (Fsp3) is 0.214. The van der Waals surface area contributed by atoms with Gasteiger partial charge < -0.3 is 14.3 Å². The van der Waals surface area contributed by atoms with E-state index in [1.807, 2.05) is 0 Å². The van der Waals surface area contributed by atoms with Gasteiger partial charge in [0.2, 0.25) is 5.82 Å². The molecule has 0 unspecified atom stereocenters. The molecule has 2 rings (SSSR count). The number of hydrogen-bond acceptors (Lipinski definition) is 5. The predicted octanol–water partition coefficient (Wildman–Crippen LogP) is 2.33. The molecule has 5 nitrogen and oxygen atoms in total. The molecule has 0 aliphatic carbocycles. The van der Waals surface area contributed by atoms with Crippen LogP contribution in [0.2, 0.25) is 0 Å². The molecule has 0 saturated heterocycles. The van der Waals surface area contributed by atoms with Gasteiger partial charge in [-0.2, -0.15) is 4.39 Å². The van der Waals surface area contributed by atoms with Crippen molar-refractivity contribution in [2.24, 2.45) is 0 Å². The van der Waals surface area contributed by atoms with Crippen molar-refractivity contribution in [1.29, 1.82) is 0 Å². The van der Waals surface area contributed by atoms with Crippen LogP contribution in [0.25, 0.3) is 11.0 Å². The molecule has 0 atom stereocenters. The third kappa shape index (κ3) is 2.81. The number of aromatic hydroxyl groups is 1. The lowest BCUT2D eigenvalue weighted by Gasteiger charge is -2.04. The van der Waals surface area contributed by atoms with E-state index in [9.17, 15) is 23.2 Å². The van der Waals surface area contributed by atoms with Crippen LogP contribution in [0.5, 0.6) is 5.75 Å². The second-order valence-electron chi connectivity index (χ2n) is 4.51. The third-order valence-electron chi connectivity index (χ3n) is 2.90. The van der Waals surface area contributed by atoms with Gasteiger partial charge in [-0.3, -0.25) is 4.79 Å². The second-order valence-corrected chi connectivity index (χ2v) is 4.51. The maximum atomic E-state index is 13.6. The third-order valence-corrected chi connectivity index (χ3v) is 2.90. The van der Waals surface area contributed by atoms with Gasteiger partial charge in [0.25, 0.3) is 0 Å². The molecule has 1 aromatic carbocycles. The van der Waals surface area contributed by atoms with Crippen LogP contribution in [-0.4, -0.2) is 16.7 Å². The van der Waals surface area contributed by atoms with E-state index in [2.05, 4.69) is 4.42 Å². The number of halogens is 2. The molecule has 1 aromatic heterocycles. The number of fused-ring (bicyclic) bond motifs is 1. The van der Waals surface area contributed by atoms with Crippen molar-refractivity contribution in [1.82, 2.24) is 0 Å². The van der Waals surface area contributed by atoms with Crippen LogP contribution in [-0.2, 0) is 4.79 Å². The van der Waals surface area contributed by atoms with Crippen LogP contribution in [0.15, 0.2) is 21.3 Å². The van der Waals surface area contributed by atoms with E-state index >= 15 is 0 Å². The van der Waals surface area contributed by atoms with Gasteiger partial charge in [0.05, 0.1) is 0 Å². The Morgan fingerprint density at radius 1 is 1.24 bits per heavy atom. The zero-order valence-electron chi connectivity index (χ0n) is 10.9. The molecule has 0 saturated carbocycles. The Labute approximate surface area is 116 Å². The fourth-order valence-corrected chi connectivity index (χ4v) is 1.80. The minimum atomic E-state index is -1.41. The van der Waals surface area contributed by atoms with Crippen LogP contribution < -0.4 is 5.63 Å². The Balaban J connectivity index is 2.55. The second kappa shape index (κ2) is 5.43. The van der Waals surface area contributed by atoms with Crippen molar-refractivity contribution in [3.8, 4) is 5.75 Å². The Bertz CT molecular complexity index is 807. The number of benzene rings is 1. The molecule has 2 aromatic rings. The van der Waals surface area contributed by atoms with E-state index in [1.54, 1.807) is 0 Å². The average Bonchev–Trinajstić information content (AvgIpc) is 2.43. The normalized spacial score (nSPS) is 10.8. The van der Waals surface area contributed by atoms with Crippen LogP contribution >= 0.6 is 0 Å². The minimum Gasteiger partial charge on any atom is -0.503 e. The summed E-state index contributed by atoms with van der Waals surface area (Å²) in [6.07, 6.45) is -0.247. The number of rotatable bonds is 4. The Morgan fingerprint density at radius 2 is 1.90 bits per heavy atom. The van der Waals surface area contributed by atoms with Gasteiger partial charge in [-0.25, -0.2) is 9.18 Å². The lowest BCUT2D eigenvalue weighted by Crippen LogP contribution is -2.15. The summed E-state index contributed by atoms with van der Waals surface area (Å²) >= 11 is 0. The van der Waals surface area contributed by atoms with Crippen molar-refractivity contribution < 1.29 is 27.9 Å². The quantitative estimate of drug-likeness (QED) is 0.691. The summed E-state index contributed by atoms with van der Waals surface area (Å²) < 4.78 is 31.5. The van der Waals surface area contributed by atoms with Crippen molar-refractivity contribution in [2.45, 2.75) is 19.8 Å². The number of phenols is 1. The Kier molecular flexibility index (Phi) is 3.84. The molecule has 1 N–H and O–H groups in total. The van der Waals surface area contributed by atoms with Gasteiger partial charge >= 0.3 is 5.63 Å². The van der Waals surface area contributed by atoms with Gasteiger partial charge in [-0.1, -0.05) is 0 Å². The molecule has 0 aliphatic rings. The monoisotopic (exact) mass is 296 g/mol. The number of ketones is 2. The van der Waals surface area contributed by atoms with Gasteiger partial charge in [0.15, 0.2) is 22.9 Å². The van der Waals surface area contributed by atoms with Gasteiger partial charge in [0.1, 0.15) is 11.3 Å². The topological polar surface area (TPSA) is 84.6 Å². The van der Waals surface area contributed by atoms with E-state index in [-0.39, 0.29) is 24.0 Å². The first-order chi connectivity index (χ1) is 9.81. The molecule has 110 valence electrons. The van der Waals surface area contributed by atoms with Gasteiger partial charge in [-0.05, 0) is 19.1 Å². The minimum absolute atomic E-state index is 0.0470. The maximum absolute atomic E-state index is 13.6. The number of phenolic OH excluding ortho intramolecular Hbond substituents is 1. The molecule has 7 heteroatoms. The SMILES string of the molecule is CC(=O)CCC(=O)c1cc2cc(F)c(O)c(F)c2oc1=O. The number of carbonyl (C=O) groups excluding carboxylic acids is 2. The molecule has 0 bridgehead atoms. The smallest absolute Gasteiger partial charge is 0.347 e. The molecule has 0 spiro atoms. The average molecular weight is 296 g/mol.